The van der Waals surface area contributed by atoms with Crippen LogP contribution < -0.4 is 10.0 Å². The summed E-state index contributed by atoms with van der Waals surface area (Å²) in [5.74, 6) is -0.614. The molecule has 2 amide bonds. The number of hydrogen-bond acceptors (Lipinski definition) is 5. The molecule has 0 aromatic heterocycles. The SMILES string of the molecule is O=C1CCc2cc(S(=O)(=O)NC(=O)CC[C@@H]3CCCO3)ccc2N1. The van der Waals surface area contributed by atoms with E-state index in [0.717, 1.165) is 18.4 Å². The number of benzene rings is 1. The Morgan fingerprint density at radius 2 is 2.17 bits per heavy atom. The number of ether oxygens (including phenoxy) is 1. The minimum atomic E-state index is -3.91. The predicted molar refractivity (Wildman–Crippen MR) is 86.9 cm³/mol. The lowest BCUT2D eigenvalue weighted by Gasteiger charge is -2.17. The zero-order valence-electron chi connectivity index (χ0n) is 13.2. The molecule has 0 unspecified atom stereocenters. The Morgan fingerprint density at radius 1 is 1.33 bits per heavy atom. The number of anilines is 1. The second-order valence-corrected chi connectivity index (χ2v) is 7.75. The van der Waals surface area contributed by atoms with Gasteiger partial charge in [-0.05, 0) is 49.4 Å². The van der Waals surface area contributed by atoms with Crippen LogP contribution in [-0.2, 0) is 30.8 Å². The summed E-state index contributed by atoms with van der Waals surface area (Å²) in [6.45, 7) is 0.705. The molecular formula is C16H20N2O5S. The Kier molecular flexibility index (Phi) is 4.86. The van der Waals surface area contributed by atoms with Crippen molar-refractivity contribution in [2.75, 3.05) is 11.9 Å². The van der Waals surface area contributed by atoms with Crippen molar-refractivity contribution in [1.29, 1.82) is 0 Å². The number of hydrogen-bond donors (Lipinski definition) is 2. The van der Waals surface area contributed by atoms with Gasteiger partial charge in [0.15, 0.2) is 0 Å². The van der Waals surface area contributed by atoms with E-state index in [1.807, 2.05) is 0 Å². The molecule has 2 N–H and O–H groups in total. The minimum Gasteiger partial charge on any atom is -0.378 e. The highest BCUT2D eigenvalue weighted by atomic mass is 32.2. The molecule has 2 heterocycles. The summed E-state index contributed by atoms with van der Waals surface area (Å²) in [5.41, 5.74) is 1.37. The molecule has 0 bridgehead atoms. The van der Waals surface area contributed by atoms with Crippen molar-refractivity contribution in [2.24, 2.45) is 0 Å². The average Bonchev–Trinajstić information content (AvgIpc) is 3.05. The van der Waals surface area contributed by atoms with Crippen LogP contribution in [0.2, 0.25) is 0 Å². The van der Waals surface area contributed by atoms with Gasteiger partial charge in [0.2, 0.25) is 11.8 Å². The maximum atomic E-state index is 12.3. The highest BCUT2D eigenvalue weighted by molar-refractivity contribution is 7.90. The second kappa shape index (κ2) is 6.90. The van der Waals surface area contributed by atoms with Crippen molar-refractivity contribution < 1.29 is 22.7 Å². The number of aryl methyl sites for hydroxylation is 1. The fourth-order valence-corrected chi connectivity index (χ4v) is 4.02. The Bertz CT molecular complexity index is 754. The van der Waals surface area contributed by atoms with Crippen molar-refractivity contribution in [2.45, 2.75) is 49.5 Å². The monoisotopic (exact) mass is 352 g/mol. The van der Waals surface area contributed by atoms with Crippen LogP contribution >= 0.6 is 0 Å². The second-order valence-electron chi connectivity index (χ2n) is 6.07. The van der Waals surface area contributed by atoms with E-state index in [-0.39, 0.29) is 23.3 Å². The molecule has 0 saturated carbocycles. The van der Waals surface area contributed by atoms with E-state index >= 15 is 0 Å². The molecule has 130 valence electrons. The van der Waals surface area contributed by atoms with Gasteiger partial charge in [-0.15, -0.1) is 0 Å². The molecule has 7 nitrogen and oxygen atoms in total. The van der Waals surface area contributed by atoms with E-state index in [4.69, 9.17) is 4.74 Å². The highest BCUT2D eigenvalue weighted by Gasteiger charge is 2.23. The molecule has 1 atom stereocenters. The summed E-state index contributed by atoms with van der Waals surface area (Å²) in [5, 5.41) is 2.70. The number of rotatable bonds is 5. The van der Waals surface area contributed by atoms with Gasteiger partial charge in [-0.3, -0.25) is 9.59 Å². The Balaban J connectivity index is 1.64. The molecule has 0 spiro atoms. The first-order valence-electron chi connectivity index (χ1n) is 8.04. The maximum Gasteiger partial charge on any atom is 0.264 e. The van der Waals surface area contributed by atoms with Crippen LogP contribution in [0.3, 0.4) is 0 Å². The number of fused-ring (bicyclic) bond motifs is 1. The zero-order chi connectivity index (χ0) is 17.2. The van der Waals surface area contributed by atoms with Crippen LogP contribution in [0.15, 0.2) is 23.1 Å². The summed E-state index contributed by atoms with van der Waals surface area (Å²) in [6, 6.07) is 4.45. The van der Waals surface area contributed by atoms with Gasteiger partial charge in [-0.1, -0.05) is 0 Å². The molecule has 2 aliphatic heterocycles. The number of amides is 2. The standard InChI is InChI=1S/C16H20N2O5S/c19-15-7-3-11-10-13(5-6-14(11)17-15)24(21,22)18-16(20)8-4-12-2-1-9-23-12/h5-6,10,12H,1-4,7-9H2,(H,17,19)(H,18,20)/t12-/m0/s1. The Labute approximate surface area is 140 Å². The number of sulfonamides is 1. The first-order valence-corrected chi connectivity index (χ1v) is 9.52. The van der Waals surface area contributed by atoms with E-state index in [9.17, 15) is 18.0 Å². The normalized spacial score (nSPS) is 20.3. The summed E-state index contributed by atoms with van der Waals surface area (Å²) in [4.78, 5) is 23.3. The Hall–Kier alpha value is -1.93. The number of carbonyl (C=O) groups is 2. The van der Waals surface area contributed by atoms with Gasteiger partial charge in [0.25, 0.3) is 10.0 Å². The fourth-order valence-electron chi connectivity index (χ4n) is 2.95. The van der Waals surface area contributed by atoms with Crippen LogP contribution in [0.4, 0.5) is 5.69 Å². The molecule has 1 aromatic rings. The van der Waals surface area contributed by atoms with E-state index in [1.165, 1.54) is 12.1 Å². The number of nitrogens with one attached hydrogen (secondary N) is 2. The largest absolute Gasteiger partial charge is 0.378 e. The van der Waals surface area contributed by atoms with Crippen LogP contribution in [0.1, 0.15) is 37.7 Å². The summed E-state index contributed by atoms with van der Waals surface area (Å²) in [6.07, 6.45) is 3.39. The van der Waals surface area contributed by atoms with Gasteiger partial charge in [-0.2, -0.15) is 0 Å². The topological polar surface area (TPSA) is 102 Å². The third-order valence-corrected chi connectivity index (χ3v) is 5.62. The lowest BCUT2D eigenvalue weighted by molar-refractivity contribution is -0.120. The molecule has 8 heteroatoms. The van der Waals surface area contributed by atoms with Gasteiger partial charge >= 0.3 is 0 Å². The van der Waals surface area contributed by atoms with Crippen molar-refractivity contribution in [3.8, 4) is 0 Å². The minimum absolute atomic E-state index is 0.0304. The van der Waals surface area contributed by atoms with Gasteiger partial charge in [-0.25, -0.2) is 13.1 Å². The lowest BCUT2D eigenvalue weighted by atomic mass is 10.0. The first-order chi connectivity index (χ1) is 11.4. The van der Waals surface area contributed by atoms with Gasteiger partial charge in [0.1, 0.15) is 0 Å². The molecule has 2 aliphatic rings. The molecule has 1 aromatic carbocycles. The van der Waals surface area contributed by atoms with Crippen molar-refractivity contribution in [3.63, 3.8) is 0 Å². The Morgan fingerprint density at radius 3 is 2.92 bits per heavy atom. The van der Waals surface area contributed by atoms with Crippen LogP contribution in [-0.4, -0.2) is 32.9 Å². The fraction of sp³-hybridized carbons (Fsp3) is 0.500. The highest BCUT2D eigenvalue weighted by Crippen LogP contribution is 2.25. The first kappa shape index (κ1) is 16.9. The molecular weight excluding hydrogens is 332 g/mol. The van der Waals surface area contributed by atoms with E-state index in [2.05, 4.69) is 10.0 Å². The maximum absolute atomic E-state index is 12.3. The quantitative estimate of drug-likeness (QED) is 0.832. The third-order valence-electron chi connectivity index (χ3n) is 4.25. The number of carbonyl (C=O) groups excluding carboxylic acids is 2. The van der Waals surface area contributed by atoms with Gasteiger partial charge in [0.05, 0.1) is 11.0 Å². The summed E-state index contributed by atoms with van der Waals surface area (Å²) >= 11 is 0. The molecule has 24 heavy (non-hydrogen) atoms. The zero-order valence-corrected chi connectivity index (χ0v) is 14.0. The van der Waals surface area contributed by atoms with E-state index < -0.39 is 15.9 Å². The smallest absolute Gasteiger partial charge is 0.264 e. The average molecular weight is 352 g/mol. The molecule has 3 rings (SSSR count). The molecule has 1 saturated heterocycles. The van der Waals surface area contributed by atoms with Crippen molar-refractivity contribution in [3.05, 3.63) is 23.8 Å². The lowest BCUT2D eigenvalue weighted by Crippen LogP contribution is -2.31. The van der Waals surface area contributed by atoms with Gasteiger partial charge in [0, 0.05) is 25.1 Å². The van der Waals surface area contributed by atoms with E-state index in [0.29, 0.717) is 31.6 Å². The predicted octanol–water partition coefficient (Wildman–Crippen LogP) is 1.34. The van der Waals surface area contributed by atoms with Gasteiger partial charge < -0.3 is 10.1 Å². The summed E-state index contributed by atoms with van der Waals surface area (Å²) < 4.78 is 32.2. The van der Waals surface area contributed by atoms with Crippen molar-refractivity contribution >= 4 is 27.5 Å². The van der Waals surface area contributed by atoms with Crippen LogP contribution in [0, 0.1) is 0 Å². The van der Waals surface area contributed by atoms with Crippen LogP contribution in [0.5, 0.6) is 0 Å². The summed E-state index contributed by atoms with van der Waals surface area (Å²) in [7, 11) is -3.91. The third kappa shape index (κ3) is 3.93. The molecule has 0 radical (unpaired) electrons. The molecule has 1 fully saturated rings. The van der Waals surface area contributed by atoms with E-state index in [1.54, 1.807) is 6.07 Å². The van der Waals surface area contributed by atoms with Crippen LogP contribution in [0.25, 0.3) is 0 Å². The van der Waals surface area contributed by atoms with Crippen molar-refractivity contribution in [1.82, 2.24) is 4.72 Å². The molecule has 0 aliphatic carbocycles.